The number of terminal acetylenes is 1. The molecule has 4 aromatic rings. The van der Waals surface area contributed by atoms with Gasteiger partial charge in [0.25, 0.3) is 5.91 Å². The summed E-state index contributed by atoms with van der Waals surface area (Å²) >= 11 is 1.37. The lowest BCUT2D eigenvalue weighted by Crippen LogP contribution is -2.20. The van der Waals surface area contributed by atoms with Crippen LogP contribution in [-0.4, -0.2) is 16.4 Å². The highest BCUT2D eigenvalue weighted by atomic mass is 32.1. The van der Waals surface area contributed by atoms with E-state index < -0.39 is 5.92 Å². The Morgan fingerprint density at radius 1 is 1.03 bits per heavy atom. The maximum absolute atomic E-state index is 13.5. The molecule has 2 amide bonds. The van der Waals surface area contributed by atoms with Crippen LogP contribution in [0.1, 0.15) is 24.0 Å². The van der Waals surface area contributed by atoms with Crippen LogP contribution in [0.5, 0.6) is 0 Å². The Hall–Kier alpha value is -3.95. The molecule has 0 spiro atoms. The van der Waals surface area contributed by atoms with E-state index >= 15 is 0 Å². The minimum atomic E-state index is -0.517. The lowest BCUT2D eigenvalue weighted by atomic mass is 9.91. The Bertz CT molecular complexity index is 1340. The van der Waals surface area contributed by atoms with Gasteiger partial charge in [0.1, 0.15) is 0 Å². The number of amides is 2. The third-order valence-electron chi connectivity index (χ3n) is 4.97. The summed E-state index contributed by atoms with van der Waals surface area (Å²) in [5, 5.41) is 2.78. The molecule has 32 heavy (non-hydrogen) atoms. The molecule has 6 heteroatoms. The molecule has 1 heterocycles. The number of fused-ring (bicyclic) bond motifs is 1. The standard InChI is InChI=1S/C26H21N3O2S/c1-3-16-29-22-15-14-21(27-18(2)30)17-23(22)32-26(29)28-25(31)24(19-10-6-4-7-11-19)20-12-8-5-9-13-20/h1,4-15,17,24H,16H2,2H3,(H,27,30). The average Bonchev–Trinajstić information content (AvgIpc) is 3.11. The zero-order chi connectivity index (χ0) is 22.5. The summed E-state index contributed by atoms with van der Waals surface area (Å²) in [6, 6.07) is 24.8. The summed E-state index contributed by atoms with van der Waals surface area (Å²) < 4.78 is 2.73. The van der Waals surface area contributed by atoms with Gasteiger partial charge in [-0.25, -0.2) is 0 Å². The van der Waals surface area contributed by atoms with Gasteiger partial charge in [0, 0.05) is 12.6 Å². The Morgan fingerprint density at radius 3 is 2.22 bits per heavy atom. The second-order valence-electron chi connectivity index (χ2n) is 7.24. The van der Waals surface area contributed by atoms with Gasteiger partial charge in [-0.05, 0) is 29.3 Å². The van der Waals surface area contributed by atoms with Crippen molar-refractivity contribution < 1.29 is 9.59 Å². The Balaban J connectivity index is 1.84. The van der Waals surface area contributed by atoms with Gasteiger partial charge in [-0.3, -0.25) is 9.59 Å². The lowest BCUT2D eigenvalue weighted by Gasteiger charge is -2.14. The van der Waals surface area contributed by atoms with E-state index in [0.717, 1.165) is 21.3 Å². The van der Waals surface area contributed by atoms with E-state index in [0.29, 0.717) is 10.5 Å². The minimum Gasteiger partial charge on any atom is -0.326 e. The first-order valence-corrected chi connectivity index (χ1v) is 10.9. The molecule has 1 N–H and O–H groups in total. The number of hydrogen-bond donors (Lipinski definition) is 1. The van der Waals surface area contributed by atoms with Crippen LogP contribution in [0.4, 0.5) is 5.69 Å². The van der Waals surface area contributed by atoms with Crippen molar-refractivity contribution in [3.05, 3.63) is 94.8 Å². The number of rotatable bonds is 5. The molecule has 0 unspecified atom stereocenters. The number of carbonyl (C=O) groups is 2. The topological polar surface area (TPSA) is 63.5 Å². The summed E-state index contributed by atoms with van der Waals surface area (Å²) in [5.41, 5.74) is 3.31. The highest BCUT2D eigenvalue weighted by molar-refractivity contribution is 7.16. The predicted molar refractivity (Wildman–Crippen MR) is 128 cm³/mol. The normalized spacial score (nSPS) is 11.5. The van der Waals surface area contributed by atoms with E-state index in [9.17, 15) is 9.59 Å². The van der Waals surface area contributed by atoms with Crippen LogP contribution >= 0.6 is 11.3 Å². The summed E-state index contributed by atoms with van der Waals surface area (Å²) in [6.07, 6.45) is 5.60. The van der Waals surface area contributed by atoms with Gasteiger partial charge in [0.15, 0.2) is 4.80 Å². The largest absolute Gasteiger partial charge is 0.326 e. The molecule has 0 aliphatic rings. The van der Waals surface area contributed by atoms with Crippen molar-refractivity contribution in [2.75, 3.05) is 5.32 Å². The number of nitrogens with one attached hydrogen (secondary N) is 1. The molecule has 3 aromatic carbocycles. The number of aromatic nitrogens is 1. The fraction of sp³-hybridized carbons (Fsp3) is 0.115. The molecule has 0 radical (unpaired) electrons. The monoisotopic (exact) mass is 439 g/mol. The van der Waals surface area contributed by atoms with Crippen molar-refractivity contribution in [3.8, 4) is 12.3 Å². The van der Waals surface area contributed by atoms with E-state index in [1.807, 2.05) is 83.4 Å². The van der Waals surface area contributed by atoms with E-state index in [2.05, 4.69) is 16.2 Å². The zero-order valence-electron chi connectivity index (χ0n) is 17.5. The van der Waals surface area contributed by atoms with Crippen LogP contribution in [0.15, 0.2) is 83.9 Å². The van der Waals surface area contributed by atoms with Crippen LogP contribution in [0.2, 0.25) is 0 Å². The van der Waals surface area contributed by atoms with Gasteiger partial charge in [0.2, 0.25) is 5.91 Å². The number of thiazole rings is 1. The van der Waals surface area contributed by atoms with Crippen LogP contribution < -0.4 is 10.1 Å². The van der Waals surface area contributed by atoms with Gasteiger partial charge < -0.3 is 9.88 Å². The maximum Gasteiger partial charge on any atom is 0.260 e. The average molecular weight is 440 g/mol. The van der Waals surface area contributed by atoms with Crippen molar-refractivity contribution >= 4 is 39.1 Å². The van der Waals surface area contributed by atoms with E-state index in [4.69, 9.17) is 6.42 Å². The first kappa shape index (κ1) is 21.3. The Morgan fingerprint density at radius 2 is 1.66 bits per heavy atom. The second-order valence-corrected chi connectivity index (χ2v) is 8.25. The van der Waals surface area contributed by atoms with Crippen LogP contribution in [0.3, 0.4) is 0 Å². The Kier molecular flexibility index (Phi) is 6.29. The molecule has 0 saturated carbocycles. The minimum absolute atomic E-state index is 0.147. The number of anilines is 1. The highest BCUT2D eigenvalue weighted by Crippen LogP contribution is 2.27. The summed E-state index contributed by atoms with van der Waals surface area (Å²) in [7, 11) is 0. The lowest BCUT2D eigenvalue weighted by molar-refractivity contribution is -0.118. The number of hydrogen-bond acceptors (Lipinski definition) is 3. The summed E-state index contributed by atoms with van der Waals surface area (Å²) in [4.78, 5) is 29.9. The molecule has 0 bridgehead atoms. The molecule has 4 rings (SSSR count). The third kappa shape index (κ3) is 4.53. The molecular weight excluding hydrogens is 418 g/mol. The SMILES string of the molecule is C#CCn1c(=NC(=O)C(c2ccccc2)c2ccccc2)sc2cc(NC(C)=O)ccc21. The maximum atomic E-state index is 13.5. The van der Waals surface area contributed by atoms with Crippen LogP contribution in [-0.2, 0) is 16.1 Å². The van der Waals surface area contributed by atoms with E-state index in [-0.39, 0.29) is 18.4 Å². The van der Waals surface area contributed by atoms with Gasteiger partial charge >= 0.3 is 0 Å². The van der Waals surface area contributed by atoms with Crippen molar-refractivity contribution in [1.29, 1.82) is 0 Å². The van der Waals surface area contributed by atoms with Crippen molar-refractivity contribution in [2.45, 2.75) is 19.4 Å². The molecule has 5 nitrogen and oxygen atoms in total. The van der Waals surface area contributed by atoms with Gasteiger partial charge in [0.05, 0.1) is 22.7 Å². The molecule has 0 aliphatic heterocycles. The second kappa shape index (κ2) is 9.46. The zero-order valence-corrected chi connectivity index (χ0v) is 18.3. The fourth-order valence-corrected chi connectivity index (χ4v) is 4.69. The number of benzene rings is 3. The van der Waals surface area contributed by atoms with Crippen molar-refractivity contribution in [3.63, 3.8) is 0 Å². The molecule has 0 aliphatic carbocycles. The van der Waals surface area contributed by atoms with Gasteiger partial charge in [-0.15, -0.1) is 6.42 Å². The quantitative estimate of drug-likeness (QED) is 0.464. The van der Waals surface area contributed by atoms with Crippen molar-refractivity contribution in [1.82, 2.24) is 4.57 Å². The molecule has 1 aromatic heterocycles. The first-order chi connectivity index (χ1) is 15.6. The number of nitrogens with zero attached hydrogens (tertiary/aromatic N) is 2. The fourth-order valence-electron chi connectivity index (χ4n) is 3.61. The van der Waals surface area contributed by atoms with Crippen LogP contribution in [0.25, 0.3) is 10.2 Å². The Labute approximate surface area is 190 Å². The smallest absolute Gasteiger partial charge is 0.260 e. The van der Waals surface area contributed by atoms with E-state index in [1.165, 1.54) is 18.3 Å². The molecular formula is C26H21N3O2S. The van der Waals surface area contributed by atoms with Crippen molar-refractivity contribution in [2.24, 2.45) is 4.99 Å². The third-order valence-corrected chi connectivity index (χ3v) is 6.01. The molecule has 0 atom stereocenters. The molecule has 0 saturated heterocycles. The van der Waals surface area contributed by atoms with E-state index in [1.54, 1.807) is 0 Å². The summed E-state index contributed by atoms with van der Waals surface area (Å²) in [5.74, 6) is 1.72. The number of carbonyl (C=O) groups excluding carboxylic acids is 2. The van der Waals surface area contributed by atoms with Gasteiger partial charge in [-0.1, -0.05) is 77.9 Å². The highest BCUT2D eigenvalue weighted by Gasteiger charge is 2.22. The first-order valence-electron chi connectivity index (χ1n) is 10.1. The molecule has 0 fully saturated rings. The summed E-state index contributed by atoms with van der Waals surface area (Å²) in [6.45, 7) is 1.75. The molecule has 158 valence electrons. The van der Waals surface area contributed by atoms with Gasteiger partial charge in [-0.2, -0.15) is 4.99 Å². The predicted octanol–water partition coefficient (Wildman–Crippen LogP) is 4.55. The van der Waals surface area contributed by atoms with Crippen LogP contribution in [0, 0.1) is 12.3 Å².